The minimum absolute atomic E-state index is 0.236. The predicted octanol–water partition coefficient (Wildman–Crippen LogP) is 4.18. The molecule has 0 saturated carbocycles. The molecule has 1 aromatic heterocycles. The van der Waals surface area contributed by atoms with Gasteiger partial charge in [0.15, 0.2) is 5.69 Å². The van der Waals surface area contributed by atoms with Crippen molar-refractivity contribution in [2.24, 2.45) is 11.1 Å². The number of aliphatic hydroxyl groups excluding tert-OH is 1. The van der Waals surface area contributed by atoms with Gasteiger partial charge < -0.3 is 9.84 Å². The van der Waals surface area contributed by atoms with E-state index in [4.69, 9.17) is 9.88 Å². The van der Waals surface area contributed by atoms with Gasteiger partial charge in [-0.15, -0.1) is 11.3 Å². The molecule has 1 atom stereocenters. The molecule has 0 aliphatic carbocycles. The summed E-state index contributed by atoms with van der Waals surface area (Å²) in [6.45, 7) is 12.6. The highest BCUT2D eigenvalue weighted by atomic mass is 32.2. The fourth-order valence-corrected chi connectivity index (χ4v) is 2.16. The topological polar surface area (TPSA) is 85.4 Å². The fourth-order valence-electron chi connectivity index (χ4n) is 1.35. The predicted molar refractivity (Wildman–Crippen MR) is 98.6 cm³/mol. The van der Waals surface area contributed by atoms with Crippen molar-refractivity contribution in [1.82, 2.24) is 4.98 Å². The van der Waals surface area contributed by atoms with Crippen LogP contribution in [0.3, 0.4) is 0 Å². The minimum Gasteiger partial charge on any atom is -0.461 e. The van der Waals surface area contributed by atoms with Gasteiger partial charge in [0.2, 0.25) is 0 Å². The Morgan fingerprint density at radius 2 is 2.00 bits per heavy atom. The third kappa shape index (κ3) is 10.7. The van der Waals surface area contributed by atoms with Gasteiger partial charge in [-0.05, 0) is 46.5 Å². The number of nitrogens with two attached hydrogens (primary N) is 1. The van der Waals surface area contributed by atoms with Gasteiger partial charge in [0.25, 0.3) is 0 Å². The molecule has 0 bridgehead atoms. The Hall–Kier alpha value is -0.630. The minimum atomic E-state index is -0.578. The van der Waals surface area contributed by atoms with Gasteiger partial charge >= 0.3 is 5.97 Å². The molecule has 1 unspecified atom stereocenters. The molecular weight excluding hydrogens is 332 g/mol. The number of aromatic nitrogens is 1. The van der Waals surface area contributed by atoms with E-state index in [1.165, 1.54) is 23.3 Å². The van der Waals surface area contributed by atoms with Crippen molar-refractivity contribution in [3.63, 3.8) is 0 Å². The number of nitrogens with zero attached hydrogens (tertiary/aromatic N) is 1. The van der Waals surface area contributed by atoms with Crippen LogP contribution in [0.15, 0.2) is 5.38 Å². The standard InChI is InChI=1S/C12H19NO3S.C4H11NS/c1-4-16-12(15)9-7-17-11(13-9)10(14)6-5-8(2)3;1-4(2,3)6-5/h7-8,10,14H,4-6H2,1-3H3;5H2,1-3H3. The van der Waals surface area contributed by atoms with E-state index < -0.39 is 12.1 Å². The third-order valence-corrected chi connectivity index (χ3v) is 4.32. The number of carbonyl (C=O) groups is 1. The summed E-state index contributed by atoms with van der Waals surface area (Å²) < 4.78 is 5.08. The smallest absolute Gasteiger partial charge is 0.357 e. The van der Waals surface area contributed by atoms with E-state index in [1.54, 1.807) is 12.3 Å². The van der Waals surface area contributed by atoms with Crippen LogP contribution in [0.1, 0.15) is 76.0 Å². The van der Waals surface area contributed by atoms with Gasteiger partial charge in [0.1, 0.15) is 11.1 Å². The molecule has 1 heterocycles. The van der Waals surface area contributed by atoms with Gasteiger partial charge in [-0.1, -0.05) is 25.8 Å². The number of esters is 1. The van der Waals surface area contributed by atoms with Gasteiger partial charge in [-0.3, -0.25) is 5.14 Å². The van der Waals surface area contributed by atoms with Gasteiger partial charge in [-0.25, -0.2) is 9.78 Å². The average molecular weight is 363 g/mol. The van der Waals surface area contributed by atoms with Crippen LogP contribution in [0.25, 0.3) is 0 Å². The largest absolute Gasteiger partial charge is 0.461 e. The lowest BCUT2D eigenvalue weighted by atomic mass is 10.1. The molecule has 0 fully saturated rings. The quantitative estimate of drug-likeness (QED) is 0.583. The third-order valence-electron chi connectivity index (χ3n) is 2.66. The average Bonchev–Trinajstić information content (AvgIpc) is 2.95. The first-order valence-corrected chi connectivity index (χ1v) is 9.55. The second-order valence-electron chi connectivity index (χ2n) is 6.51. The highest BCUT2D eigenvalue weighted by molar-refractivity contribution is 7.98. The molecule has 0 saturated heterocycles. The second kappa shape index (κ2) is 11.0. The Bertz CT molecular complexity index is 456. The second-order valence-corrected chi connectivity index (χ2v) is 8.86. The molecule has 1 aromatic rings. The summed E-state index contributed by atoms with van der Waals surface area (Å²) in [5.41, 5.74) is 0.287. The molecule has 0 amide bonds. The molecule has 0 aliphatic rings. The van der Waals surface area contributed by atoms with Crippen LogP contribution in [-0.2, 0) is 4.74 Å². The summed E-state index contributed by atoms with van der Waals surface area (Å²) >= 11 is 2.68. The monoisotopic (exact) mass is 362 g/mol. The summed E-state index contributed by atoms with van der Waals surface area (Å²) in [7, 11) is 0. The highest BCUT2D eigenvalue weighted by Gasteiger charge is 2.16. The number of rotatable bonds is 6. The number of hydrogen-bond acceptors (Lipinski definition) is 7. The molecule has 0 aromatic carbocycles. The zero-order valence-electron chi connectivity index (χ0n) is 15.0. The number of ether oxygens (including phenoxy) is 1. The van der Waals surface area contributed by atoms with Crippen LogP contribution in [-0.4, -0.2) is 27.4 Å². The maximum Gasteiger partial charge on any atom is 0.357 e. The fraction of sp³-hybridized carbons (Fsp3) is 0.750. The Morgan fingerprint density at radius 1 is 1.43 bits per heavy atom. The van der Waals surface area contributed by atoms with Crippen LogP contribution in [0.5, 0.6) is 0 Å². The first kappa shape index (κ1) is 22.4. The first-order valence-electron chi connectivity index (χ1n) is 7.79. The Kier molecular flexibility index (Phi) is 10.7. The van der Waals surface area contributed by atoms with E-state index in [9.17, 15) is 9.90 Å². The SMILES string of the molecule is CC(C)(C)SN.CCOC(=O)c1csc(C(O)CCC(C)C)n1. The van der Waals surface area contributed by atoms with E-state index >= 15 is 0 Å². The molecule has 0 radical (unpaired) electrons. The zero-order valence-corrected chi connectivity index (χ0v) is 16.6. The summed E-state index contributed by atoms with van der Waals surface area (Å²) in [4.78, 5) is 15.5. The number of hydrogen-bond donors (Lipinski definition) is 2. The van der Waals surface area contributed by atoms with E-state index in [-0.39, 0.29) is 10.4 Å². The Morgan fingerprint density at radius 3 is 2.43 bits per heavy atom. The van der Waals surface area contributed by atoms with Crippen molar-refractivity contribution in [3.05, 3.63) is 16.1 Å². The summed E-state index contributed by atoms with van der Waals surface area (Å²) in [6.07, 6.45) is 1.04. The number of carbonyl (C=O) groups excluding carboxylic acids is 1. The maximum absolute atomic E-state index is 11.4. The molecule has 134 valence electrons. The van der Waals surface area contributed by atoms with E-state index in [0.29, 0.717) is 24.0 Å². The molecule has 0 aliphatic heterocycles. The molecule has 3 N–H and O–H groups in total. The van der Waals surface area contributed by atoms with Crippen molar-refractivity contribution >= 4 is 29.3 Å². The lowest BCUT2D eigenvalue weighted by Crippen LogP contribution is -2.09. The van der Waals surface area contributed by atoms with Crippen molar-refractivity contribution < 1.29 is 14.6 Å². The zero-order chi connectivity index (χ0) is 18.0. The Balaban J connectivity index is 0.000000688. The van der Waals surface area contributed by atoms with Crippen molar-refractivity contribution in [2.45, 2.75) is 65.2 Å². The van der Waals surface area contributed by atoms with E-state index in [0.717, 1.165) is 6.42 Å². The normalized spacial score (nSPS) is 12.6. The molecule has 23 heavy (non-hydrogen) atoms. The molecule has 1 rings (SSSR count). The molecule has 0 spiro atoms. The lowest BCUT2D eigenvalue weighted by molar-refractivity contribution is 0.0519. The van der Waals surface area contributed by atoms with Gasteiger partial charge in [0, 0.05) is 10.1 Å². The van der Waals surface area contributed by atoms with Gasteiger partial charge in [0.05, 0.1) is 6.61 Å². The lowest BCUT2D eigenvalue weighted by Gasteiger charge is -2.11. The van der Waals surface area contributed by atoms with Crippen LogP contribution < -0.4 is 5.14 Å². The van der Waals surface area contributed by atoms with E-state index in [1.807, 2.05) is 0 Å². The Labute approximate surface area is 148 Å². The van der Waals surface area contributed by atoms with Crippen LogP contribution in [0.4, 0.5) is 0 Å². The van der Waals surface area contributed by atoms with E-state index in [2.05, 4.69) is 39.6 Å². The van der Waals surface area contributed by atoms with Crippen LogP contribution in [0, 0.1) is 5.92 Å². The van der Waals surface area contributed by atoms with Gasteiger partial charge in [-0.2, -0.15) is 0 Å². The maximum atomic E-state index is 11.4. The molecular formula is C16H30N2O3S2. The summed E-state index contributed by atoms with van der Waals surface area (Å²) in [5, 5.41) is 17.3. The van der Waals surface area contributed by atoms with Crippen LogP contribution >= 0.6 is 23.3 Å². The van der Waals surface area contributed by atoms with Crippen molar-refractivity contribution in [2.75, 3.05) is 6.61 Å². The highest BCUT2D eigenvalue weighted by Crippen LogP contribution is 2.24. The number of thiazole rings is 1. The summed E-state index contributed by atoms with van der Waals surface area (Å²) in [6, 6.07) is 0. The van der Waals surface area contributed by atoms with Crippen molar-refractivity contribution in [3.8, 4) is 0 Å². The molecule has 7 heteroatoms. The molecule has 5 nitrogen and oxygen atoms in total. The first-order chi connectivity index (χ1) is 10.6. The summed E-state index contributed by atoms with van der Waals surface area (Å²) in [5.74, 6) is 0.125. The van der Waals surface area contributed by atoms with Crippen LogP contribution in [0.2, 0.25) is 0 Å². The number of aliphatic hydroxyl groups is 1. The van der Waals surface area contributed by atoms with Crippen molar-refractivity contribution in [1.29, 1.82) is 0 Å².